The zero-order valence-electron chi connectivity index (χ0n) is 11.6. The summed E-state index contributed by atoms with van der Waals surface area (Å²) >= 11 is 1.50. The summed E-state index contributed by atoms with van der Waals surface area (Å²) in [6.07, 6.45) is 0. The molecular formula is C14H17N3O2S. The molecule has 2 aromatic rings. The summed E-state index contributed by atoms with van der Waals surface area (Å²) in [6.45, 7) is 6.30. The average Bonchev–Trinajstić information content (AvgIpc) is 2.80. The van der Waals surface area contributed by atoms with E-state index in [0.29, 0.717) is 11.4 Å². The summed E-state index contributed by atoms with van der Waals surface area (Å²) in [5, 5.41) is 14.8. The number of aromatic nitrogens is 1. The van der Waals surface area contributed by atoms with Gasteiger partial charge in [-0.1, -0.05) is 20.8 Å². The van der Waals surface area contributed by atoms with E-state index < -0.39 is 5.97 Å². The number of carboxylic acids is 1. The molecule has 1 aromatic carbocycles. The maximum absolute atomic E-state index is 10.9. The second-order valence-corrected chi connectivity index (χ2v) is 6.38. The van der Waals surface area contributed by atoms with E-state index in [1.807, 2.05) is 5.38 Å². The molecule has 0 saturated heterocycles. The number of hydrogen-bond donors (Lipinski definition) is 3. The van der Waals surface area contributed by atoms with Crippen molar-refractivity contribution < 1.29 is 9.90 Å². The molecule has 20 heavy (non-hydrogen) atoms. The zero-order valence-corrected chi connectivity index (χ0v) is 12.4. The predicted octanol–water partition coefficient (Wildman–Crippen LogP) is 3.46. The second-order valence-electron chi connectivity index (χ2n) is 5.52. The summed E-state index contributed by atoms with van der Waals surface area (Å²) < 4.78 is 0. The van der Waals surface area contributed by atoms with E-state index in [1.165, 1.54) is 23.5 Å². The highest BCUT2D eigenvalue weighted by Crippen LogP contribution is 2.30. The molecule has 0 amide bonds. The molecule has 0 spiro atoms. The van der Waals surface area contributed by atoms with Crippen LogP contribution in [0.25, 0.3) is 0 Å². The fourth-order valence-corrected chi connectivity index (χ4v) is 2.55. The molecule has 106 valence electrons. The number of nitrogens with zero attached hydrogens (tertiary/aromatic N) is 1. The van der Waals surface area contributed by atoms with Crippen molar-refractivity contribution in [2.75, 3.05) is 11.1 Å². The van der Waals surface area contributed by atoms with Crippen molar-refractivity contribution in [1.29, 1.82) is 0 Å². The Morgan fingerprint density at radius 1 is 1.40 bits per heavy atom. The number of nitrogens with two attached hydrogens (primary N) is 1. The highest BCUT2D eigenvalue weighted by Gasteiger charge is 2.17. The quantitative estimate of drug-likeness (QED) is 0.754. The average molecular weight is 291 g/mol. The van der Waals surface area contributed by atoms with Gasteiger partial charge in [0, 0.05) is 10.8 Å². The van der Waals surface area contributed by atoms with Crippen molar-refractivity contribution in [3.63, 3.8) is 0 Å². The number of nitrogens with one attached hydrogen (secondary N) is 1. The Balaban J connectivity index is 2.22. The van der Waals surface area contributed by atoms with Gasteiger partial charge in [-0.25, -0.2) is 9.78 Å². The van der Waals surface area contributed by atoms with Gasteiger partial charge in [0.15, 0.2) is 5.13 Å². The van der Waals surface area contributed by atoms with Crippen LogP contribution in [-0.2, 0) is 5.41 Å². The third-order valence-electron chi connectivity index (χ3n) is 2.81. The fourth-order valence-electron chi connectivity index (χ4n) is 1.60. The Labute approximate surface area is 121 Å². The van der Waals surface area contributed by atoms with E-state index >= 15 is 0 Å². The summed E-state index contributed by atoms with van der Waals surface area (Å²) in [5.74, 6) is -0.993. The molecule has 0 unspecified atom stereocenters. The lowest BCUT2D eigenvalue weighted by Gasteiger charge is -2.14. The van der Waals surface area contributed by atoms with Crippen molar-refractivity contribution >= 4 is 33.8 Å². The lowest BCUT2D eigenvalue weighted by molar-refractivity contribution is 0.0697. The minimum atomic E-state index is -0.993. The molecule has 1 heterocycles. The molecule has 0 fully saturated rings. The molecule has 6 heteroatoms. The van der Waals surface area contributed by atoms with Crippen molar-refractivity contribution in [3.05, 3.63) is 34.8 Å². The van der Waals surface area contributed by atoms with Gasteiger partial charge in [0.1, 0.15) is 0 Å². The van der Waals surface area contributed by atoms with Gasteiger partial charge in [-0.05, 0) is 18.2 Å². The molecule has 0 radical (unpaired) electrons. The Morgan fingerprint density at radius 2 is 2.10 bits per heavy atom. The van der Waals surface area contributed by atoms with E-state index in [9.17, 15) is 4.79 Å². The second kappa shape index (κ2) is 5.13. The molecule has 2 rings (SSSR count). The highest BCUT2D eigenvalue weighted by molar-refractivity contribution is 7.13. The van der Waals surface area contributed by atoms with Gasteiger partial charge in [-0.15, -0.1) is 11.3 Å². The number of hydrogen-bond acceptors (Lipinski definition) is 5. The Morgan fingerprint density at radius 3 is 2.60 bits per heavy atom. The van der Waals surface area contributed by atoms with Crippen LogP contribution in [-0.4, -0.2) is 16.1 Å². The highest BCUT2D eigenvalue weighted by atomic mass is 32.1. The molecule has 4 N–H and O–H groups in total. The molecular weight excluding hydrogens is 274 g/mol. The number of aromatic carboxylic acids is 1. The molecule has 1 aromatic heterocycles. The molecule has 0 saturated carbocycles. The maximum Gasteiger partial charge on any atom is 0.335 e. The minimum Gasteiger partial charge on any atom is -0.478 e. The summed E-state index contributed by atoms with van der Waals surface area (Å²) in [6, 6.07) is 4.60. The summed E-state index contributed by atoms with van der Waals surface area (Å²) in [5.41, 5.74) is 8.06. The molecule has 5 nitrogen and oxygen atoms in total. The van der Waals surface area contributed by atoms with Crippen LogP contribution in [0.4, 0.5) is 16.5 Å². The number of rotatable bonds is 3. The third-order valence-corrected chi connectivity index (χ3v) is 3.57. The largest absolute Gasteiger partial charge is 0.478 e. The first-order valence-electron chi connectivity index (χ1n) is 6.13. The van der Waals surface area contributed by atoms with Gasteiger partial charge in [0.25, 0.3) is 0 Å². The number of carbonyl (C=O) groups is 1. The van der Waals surface area contributed by atoms with Gasteiger partial charge in [0.05, 0.1) is 22.6 Å². The van der Waals surface area contributed by atoms with Crippen LogP contribution in [0.5, 0.6) is 0 Å². The van der Waals surface area contributed by atoms with Crippen LogP contribution < -0.4 is 11.1 Å². The lowest BCUT2D eigenvalue weighted by Crippen LogP contribution is -2.11. The van der Waals surface area contributed by atoms with E-state index in [2.05, 4.69) is 31.1 Å². The van der Waals surface area contributed by atoms with Gasteiger partial charge < -0.3 is 16.2 Å². The zero-order chi connectivity index (χ0) is 14.9. The van der Waals surface area contributed by atoms with Gasteiger partial charge in [-0.3, -0.25) is 0 Å². The number of nitrogen functional groups attached to an aromatic ring is 1. The van der Waals surface area contributed by atoms with Crippen LogP contribution in [0.1, 0.15) is 36.8 Å². The topological polar surface area (TPSA) is 88.2 Å². The molecule has 0 bridgehead atoms. The number of carboxylic acid groups (broad SMARTS) is 1. The molecule has 0 atom stereocenters. The normalized spacial score (nSPS) is 11.3. The van der Waals surface area contributed by atoms with Gasteiger partial charge >= 0.3 is 5.97 Å². The van der Waals surface area contributed by atoms with Crippen molar-refractivity contribution in [2.45, 2.75) is 26.2 Å². The van der Waals surface area contributed by atoms with E-state index in [0.717, 1.165) is 10.8 Å². The van der Waals surface area contributed by atoms with Gasteiger partial charge in [0.2, 0.25) is 0 Å². The molecule has 0 aliphatic heterocycles. The summed E-state index contributed by atoms with van der Waals surface area (Å²) in [4.78, 5) is 15.4. The minimum absolute atomic E-state index is 0.00482. The van der Waals surface area contributed by atoms with Crippen LogP contribution in [0.15, 0.2) is 23.6 Å². The van der Waals surface area contributed by atoms with E-state index in [-0.39, 0.29) is 11.0 Å². The van der Waals surface area contributed by atoms with Crippen LogP contribution >= 0.6 is 11.3 Å². The first-order valence-corrected chi connectivity index (χ1v) is 7.01. The Kier molecular flexibility index (Phi) is 3.67. The SMILES string of the molecule is CC(C)(C)c1csc(Nc2ccc(C(=O)O)cc2N)n1. The standard InChI is InChI=1S/C14H17N3O2S/c1-14(2,3)11-7-20-13(17-11)16-10-5-4-8(12(18)19)6-9(10)15/h4-7H,15H2,1-3H3,(H,16,17)(H,18,19). The number of anilines is 3. The predicted molar refractivity (Wildman–Crippen MR) is 81.9 cm³/mol. The fraction of sp³-hybridized carbons (Fsp3) is 0.286. The van der Waals surface area contributed by atoms with Crippen molar-refractivity contribution in [1.82, 2.24) is 4.98 Å². The van der Waals surface area contributed by atoms with Crippen molar-refractivity contribution in [3.8, 4) is 0 Å². The summed E-state index contributed by atoms with van der Waals surface area (Å²) in [7, 11) is 0. The number of benzene rings is 1. The van der Waals surface area contributed by atoms with Crippen LogP contribution in [0, 0.1) is 0 Å². The van der Waals surface area contributed by atoms with Crippen LogP contribution in [0.2, 0.25) is 0 Å². The van der Waals surface area contributed by atoms with Crippen molar-refractivity contribution in [2.24, 2.45) is 0 Å². The smallest absolute Gasteiger partial charge is 0.335 e. The molecule has 0 aliphatic rings. The number of thiazole rings is 1. The maximum atomic E-state index is 10.9. The Bertz CT molecular complexity index is 644. The van der Waals surface area contributed by atoms with Crippen LogP contribution in [0.3, 0.4) is 0 Å². The monoisotopic (exact) mass is 291 g/mol. The molecule has 0 aliphatic carbocycles. The Hall–Kier alpha value is -2.08. The lowest BCUT2D eigenvalue weighted by atomic mass is 9.93. The van der Waals surface area contributed by atoms with E-state index in [1.54, 1.807) is 6.07 Å². The first kappa shape index (κ1) is 14.3. The first-order chi connectivity index (χ1) is 9.27. The van der Waals surface area contributed by atoms with Gasteiger partial charge in [-0.2, -0.15) is 0 Å². The van der Waals surface area contributed by atoms with E-state index in [4.69, 9.17) is 10.8 Å². The third kappa shape index (κ3) is 3.08.